The van der Waals surface area contributed by atoms with Crippen molar-refractivity contribution in [3.05, 3.63) is 22.3 Å². The van der Waals surface area contributed by atoms with Crippen LogP contribution in [-0.2, 0) is 4.79 Å². The molecule has 0 radical (unpaired) electrons. The van der Waals surface area contributed by atoms with Gasteiger partial charge in [0.25, 0.3) is 5.91 Å². The molecule has 0 saturated heterocycles. The molecule has 0 aromatic rings. The lowest BCUT2D eigenvalue weighted by Gasteiger charge is -2.10. The maximum Gasteiger partial charge on any atom is 0.251 e. The van der Waals surface area contributed by atoms with E-state index in [0.29, 0.717) is 0 Å². The fourth-order valence-electron chi connectivity index (χ4n) is 1.15. The Kier molecular flexibility index (Phi) is 4.46. The number of allylic oxidation sites excluding steroid dienone is 2. The Morgan fingerprint density at radius 3 is 1.62 bits per heavy atom. The molecule has 0 heterocycles. The van der Waals surface area contributed by atoms with Crippen molar-refractivity contribution in [1.82, 2.24) is 5.32 Å². The van der Waals surface area contributed by atoms with Gasteiger partial charge in [0.2, 0.25) is 0 Å². The minimum absolute atomic E-state index is 0.00120. The Morgan fingerprint density at radius 1 is 0.923 bits per heavy atom. The third kappa shape index (κ3) is 3.05. The van der Waals surface area contributed by atoms with Crippen LogP contribution in [0.15, 0.2) is 22.3 Å². The fourth-order valence-corrected chi connectivity index (χ4v) is 1.15. The number of carbonyl (C=O) groups excluding carboxylic acids is 1. The van der Waals surface area contributed by atoms with Gasteiger partial charge in [-0.15, -0.1) is 0 Å². The van der Waals surface area contributed by atoms with E-state index >= 15 is 0 Å². The SMILES string of the molecule is CNC(=O)C(=C(C)C)C(C)=C(C)C. The Hall–Kier alpha value is -1.05. The van der Waals surface area contributed by atoms with Crippen molar-refractivity contribution in [3.63, 3.8) is 0 Å². The third-order valence-electron chi connectivity index (χ3n) is 2.08. The van der Waals surface area contributed by atoms with Crippen LogP contribution in [0, 0.1) is 0 Å². The number of amides is 1. The fraction of sp³-hybridized carbons (Fsp3) is 0.545. The Balaban J connectivity index is 5.22. The van der Waals surface area contributed by atoms with Crippen LogP contribution < -0.4 is 5.32 Å². The van der Waals surface area contributed by atoms with Crippen molar-refractivity contribution >= 4 is 5.91 Å². The lowest BCUT2D eigenvalue weighted by atomic mass is 9.98. The first-order chi connectivity index (χ1) is 5.91. The summed E-state index contributed by atoms with van der Waals surface area (Å²) in [4.78, 5) is 11.5. The van der Waals surface area contributed by atoms with E-state index in [-0.39, 0.29) is 5.91 Å². The summed E-state index contributed by atoms with van der Waals surface area (Å²) in [5.74, 6) is -0.00120. The molecule has 0 aliphatic heterocycles. The number of rotatable bonds is 2. The summed E-state index contributed by atoms with van der Waals surface area (Å²) in [6.45, 7) is 9.92. The molecule has 0 saturated carbocycles. The number of hydrogen-bond acceptors (Lipinski definition) is 1. The summed E-state index contributed by atoms with van der Waals surface area (Å²) in [7, 11) is 1.66. The molecule has 0 bridgehead atoms. The normalized spacial score (nSPS) is 9.08. The quantitative estimate of drug-likeness (QED) is 0.514. The molecule has 0 fully saturated rings. The van der Waals surface area contributed by atoms with Gasteiger partial charge in [0.15, 0.2) is 0 Å². The highest BCUT2D eigenvalue weighted by atomic mass is 16.1. The van der Waals surface area contributed by atoms with Gasteiger partial charge in [-0.25, -0.2) is 0 Å². The number of hydrogen-bond donors (Lipinski definition) is 1. The zero-order valence-corrected chi connectivity index (χ0v) is 9.41. The molecular weight excluding hydrogens is 162 g/mol. The minimum Gasteiger partial charge on any atom is -0.355 e. The maximum absolute atomic E-state index is 11.5. The molecule has 2 nitrogen and oxygen atoms in total. The van der Waals surface area contributed by atoms with Gasteiger partial charge in [0.1, 0.15) is 0 Å². The van der Waals surface area contributed by atoms with E-state index in [1.54, 1.807) is 7.05 Å². The van der Waals surface area contributed by atoms with E-state index in [0.717, 1.165) is 16.7 Å². The van der Waals surface area contributed by atoms with Gasteiger partial charge in [0, 0.05) is 12.6 Å². The maximum atomic E-state index is 11.5. The van der Waals surface area contributed by atoms with Crippen LogP contribution in [0.25, 0.3) is 0 Å². The van der Waals surface area contributed by atoms with Crippen molar-refractivity contribution in [2.24, 2.45) is 0 Å². The first-order valence-corrected chi connectivity index (χ1v) is 4.45. The monoisotopic (exact) mass is 181 g/mol. The zero-order valence-electron chi connectivity index (χ0n) is 9.41. The smallest absolute Gasteiger partial charge is 0.251 e. The summed E-state index contributed by atoms with van der Waals surface area (Å²) in [5.41, 5.74) is 4.11. The van der Waals surface area contributed by atoms with E-state index < -0.39 is 0 Å². The van der Waals surface area contributed by atoms with Gasteiger partial charge in [-0.2, -0.15) is 0 Å². The van der Waals surface area contributed by atoms with Crippen LogP contribution in [0.5, 0.6) is 0 Å². The molecule has 0 aliphatic rings. The lowest BCUT2D eigenvalue weighted by Crippen LogP contribution is -2.21. The number of nitrogens with one attached hydrogen (secondary N) is 1. The van der Waals surface area contributed by atoms with Crippen molar-refractivity contribution < 1.29 is 4.79 Å². The van der Waals surface area contributed by atoms with Gasteiger partial charge in [0.05, 0.1) is 0 Å². The second-order valence-electron chi connectivity index (χ2n) is 3.58. The highest BCUT2D eigenvalue weighted by Crippen LogP contribution is 2.17. The predicted octanol–water partition coefficient (Wildman–Crippen LogP) is 2.43. The largest absolute Gasteiger partial charge is 0.355 e. The van der Waals surface area contributed by atoms with Crippen molar-refractivity contribution in [1.29, 1.82) is 0 Å². The van der Waals surface area contributed by atoms with Gasteiger partial charge < -0.3 is 5.32 Å². The summed E-state index contributed by atoms with van der Waals surface area (Å²) >= 11 is 0. The number of carbonyl (C=O) groups is 1. The second-order valence-corrected chi connectivity index (χ2v) is 3.58. The standard InChI is InChI=1S/C11H19NO/c1-7(2)9(5)10(8(3)4)11(13)12-6/h1-6H3,(H,12,13). The van der Waals surface area contributed by atoms with E-state index in [4.69, 9.17) is 0 Å². The molecule has 0 aliphatic carbocycles. The van der Waals surface area contributed by atoms with Crippen LogP contribution in [0.1, 0.15) is 34.6 Å². The Bertz CT molecular complexity index is 264. The topological polar surface area (TPSA) is 29.1 Å². The summed E-state index contributed by atoms with van der Waals surface area (Å²) in [6, 6.07) is 0. The molecule has 0 spiro atoms. The summed E-state index contributed by atoms with van der Waals surface area (Å²) in [5, 5.41) is 2.65. The molecule has 0 aromatic heterocycles. The molecule has 13 heavy (non-hydrogen) atoms. The van der Waals surface area contributed by atoms with E-state index in [1.165, 1.54) is 5.57 Å². The molecule has 2 heteroatoms. The average Bonchev–Trinajstić information content (AvgIpc) is 2.03. The molecule has 1 N–H and O–H groups in total. The molecule has 0 rings (SSSR count). The minimum atomic E-state index is -0.00120. The lowest BCUT2D eigenvalue weighted by molar-refractivity contribution is -0.116. The van der Waals surface area contributed by atoms with E-state index in [2.05, 4.69) is 5.32 Å². The Morgan fingerprint density at radius 2 is 1.38 bits per heavy atom. The molecule has 74 valence electrons. The number of likely N-dealkylation sites (N-methyl/N-ethyl adjacent to an activating group) is 1. The van der Waals surface area contributed by atoms with Crippen molar-refractivity contribution in [3.8, 4) is 0 Å². The molecule has 0 unspecified atom stereocenters. The predicted molar refractivity (Wildman–Crippen MR) is 56.5 cm³/mol. The first-order valence-electron chi connectivity index (χ1n) is 4.45. The summed E-state index contributed by atoms with van der Waals surface area (Å²) in [6.07, 6.45) is 0. The zero-order chi connectivity index (χ0) is 10.6. The second kappa shape index (κ2) is 4.85. The van der Waals surface area contributed by atoms with Gasteiger partial charge >= 0.3 is 0 Å². The highest BCUT2D eigenvalue weighted by Gasteiger charge is 2.11. The first kappa shape index (κ1) is 11.9. The van der Waals surface area contributed by atoms with E-state index in [9.17, 15) is 4.79 Å². The van der Waals surface area contributed by atoms with Gasteiger partial charge in [-0.1, -0.05) is 11.1 Å². The molecule has 1 amide bonds. The van der Waals surface area contributed by atoms with Crippen LogP contribution in [0.3, 0.4) is 0 Å². The van der Waals surface area contributed by atoms with Crippen molar-refractivity contribution in [2.45, 2.75) is 34.6 Å². The molecular formula is C11H19NO. The highest BCUT2D eigenvalue weighted by molar-refractivity contribution is 5.98. The van der Waals surface area contributed by atoms with Crippen LogP contribution >= 0.6 is 0 Å². The summed E-state index contributed by atoms with van der Waals surface area (Å²) < 4.78 is 0. The van der Waals surface area contributed by atoms with Gasteiger partial charge in [-0.05, 0) is 40.2 Å². The Labute approximate surface area is 80.7 Å². The van der Waals surface area contributed by atoms with Crippen molar-refractivity contribution in [2.75, 3.05) is 7.05 Å². The molecule has 0 atom stereocenters. The molecule has 0 aromatic carbocycles. The van der Waals surface area contributed by atoms with E-state index in [1.807, 2.05) is 34.6 Å². The average molecular weight is 181 g/mol. The van der Waals surface area contributed by atoms with Crippen LogP contribution in [-0.4, -0.2) is 13.0 Å². The van der Waals surface area contributed by atoms with Gasteiger partial charge in [-0.3, -0.25) is 4.79 Å². The van der Waals surface area contributed by atoms with Crippen LogP contribution in [0.2, 0.25) is 0 Å². The third-order valence-corrected chi connectivity index (χ3v) is 2.08. The van der Waals surface area contributed by atoms with Crippen LogP contribution in [0.4, 0.5) is 0 Å².